The van der Waals surface area contributed by atoms with Gasteiger partial charge in [-0.05, 0) is 24.3 Å². The third-order valence-electron chi connectivity index (χ3n) is 1.73. The summed E-state index contributed by atoms with van der Waals surface area (Å²) in [7, 11) is 1.86. The molecule has 14 heavy (non-hydrogen) atoms. The van der Waals surface area contributed by atoms with Gasteiger partial charge in [0.05, 0.1) is 12.4 Å². The quantitative estimate of drug-likeness (QED) is 0.822. The van der Waals surface area contributed by atoms with Crippen LogP contribution in [0.5, 0.6) is 11.5 Å². The zero-order valence-corrected chi connectivity index (χ0v) is 9.23. The minimum Gasteiger partial charge on any atom is -0.454 e. The number of halogens is 1. The average Bonchev–Trinajstić information content (AvgIpc) is 2.56. The minimum atomic E-state index is 0.745. The van der Waals surface area contributed by atoms with Crippen molar-refractivity contribution in [2.75, 3.05) is 0 Å². The largest absolute Gasteiger partial charge is 0.454 e. The van der Waals surface area contributed by atoms with E-state index in [4.69, 9.17) is 4.74 Å². The zero-order valence-electron chi connectivity index (χ0n) is 7.64. The van der Waals surface area contributed by atoms with E-state index in [-0.39, 0.29) is 0 Å². The van der Waals surface area contributed by atoms with Crippen LogP contribution in [0.2, 0.25) is 0 Å². The highest BCUT2D eigenvalue weighted by molar-refractivity contribution is 9.10. The summed E-state index contributed by atoms with van der Waals surface area (Å²) in [5.41, 5.74) is 0. The van der Waals surface area contributed by atoms with E-state index >= 15 is 0 Å². The summed E-state index contributed by atoms with van der Waals surface area (Å²) < 4.78 is 8.29. The Hall–Kier alpha value is -1.29. The summed E-state index contributed by atoms with van der Waals surface area (Å²) in [6.45, 7) is 0. The lowest BCUT2D eigenvalue weighted by Gasteiger charge is -2.01. The Labute approximate surface area is 90.4 Å². The molecular weight excluding hydrogens is 244 g/mol. The molecular formula is C10H9BrN2O. The van der Waals surface area contributed by atoms with Crippen molar-refractivity contribution in [3.63, 3.8) is 0 Å². The van der Waals surface area contributed by atoms with Gasteiger partial charge in [0.1, 0.15) is 5.75 Å². The topological polar surface area (TPSA) is 27.1 Å². The van der Waals surface area contributed by atoms with Gasteiger partial charge in [-0.2, -0.15) is 5.10 Å². The standard InChI is InChI=1S/C10H9BrN2O/c1-13-7-10(6-12-13)14-9-4-2-8(11)3-5-9/h2-7H,1H3. The number of hydrogen-bond donors (Lipinski definition) is 0. The van der Waals surface area contributed by atoms with Crippen molar-refractivity contribution in [1.29, 1.82) is 0 Å². The summed E-state index contributed by atoms with van der Waals surface area (Å²) in [5.74, 6) is 1.55. The van der Waals surface area contributed by atoms with Gasteiger partial charge < -0.3 is 4.74 Å². The maximum atomic E-state index is 5.55. The van der Waals surface area contributed by atoms with Gasteiger partial charge in [-0.1, -0.05) is 15.9 Å². The molecule has 0 bridgehead atoms. The van der Waals surface area contributed by atoms with Crippen LogP contribution in [0.4, 0.5) is 0 Å². The van der Waals surface area contributed by atoms with Gasteiger partial charge in [-0.15, -0.1) is 0 Å². The van der Waals surface area contributed by atoms with Crippen molar-refractivity contribution in [3.8, 4) is 11.5 Å². The Kier molecular flexibility index (Phi) is 2.54. The molecule has 0 N–H and O–H groups in total. The zero-order chi connectivity index (χ0) is 9.97. The molecule has 72 valence electrons. The highest BCUT2D eigenvalue weighted by Crippen LogP contribution is 2.22. The molecule has 0 aliphatic rings. The molecule has 0 spiro atoms. The van der Waals surface area contributed by atoms with Crippen molar-refractivity contribution in [1.82, 2.24) is 9.78 Å². The first-order valence-electron chi connectivity index (χ1n) is 4.16. The summed E-state index contributed by atoms with van der Waals surface area (Å²) in [6.07, 6.45) is 3.50. The minimum absolute atomic E-state index is 0.745. The van der Waals surface area contributed by atoms with Crippen LogP contribution in [0.15, 0.2) is 41.1 Å². The molecule has 2 rings (SSSR count). The average molecular weight is 253 g/mol. The SMILES string of the molecule is Cn1cc(Oc2ccc(Br)cc2)cn1. The Morgan fingerprint density at radius 2 is 1.93 bits per heavy atom. The third kappa shape index (κ3) is 2.14. The lowest BCUT2D eigenvalue weighted by molar-refractivity contribution is 0.482. The molecule has 0 amide bonds. The number of aromatic nitrogens is 2. The highest BCUT2D eigenvalue weighted by atomic mass is 79.9. The molecule has 0 atom stereocenters. The van der Waals surface area contributed by atoms with E-state index in [1.165, 1.54) is 0 Å². The van der Waals surface area contributed by atoms with Crippen LogP contribution in [0.25, 0.3) is 0 Å². The second-order valence-electron chi connectivity index (χ2n) is 2.91. The van der Waals surface area contributed by atoms with Gasteiger partial charge in [0.2, 0.25) is 0 Å². The molecule has 4 heteroatoms. The molecule has 0 unspecified atom stereocenters. The third-order valence-corrected chi connectivity index (χ3v) is 2.26. The Morgan fingerprint density at radius 3 is 2.50 bits per heavy atom. The van der Waals surface area contributed by atoms with E-state index in [1.54, 1.807) is 10.9 Å². The first-order chi connectivity index (χ1) is 6.74. The molecule has 1 aromatic carbocycles. The van der Waals surface area contributed by atoms with Gasteiger partial charge in [-0.25, -0.2) is 0 Å². The summed E-state index contributed by atoms with van der Waals surface area (Å²) in [5, 5.41) is 4.01. The van der Waals surface area contributed by atoms with Crippen molar-refractivity contribution in [3.05, 3.63) is 41.1 Å². The second-order valence-corrected chi connectivity index (χ2v) is 3.82. The van der Waals surface area contributed by atoms with E-state index in [9.17, 15) is 0 Å². The maximum absolute atomic E-state index is 5.55. The fourth-order valence-corrected chi connectivity index (χ4v) is 1.35. The molecule has 2 aromatic rings. The number of aryl methyl sites for hydroxylation is 1. The second kappa shape index (κ2) is 3.84. The molecule has 0 saturated carbocycles. The van der Waals surface area contributed by atoms with Gasteiger partial charge in [0.15, 0.2) is 5.75 Å². The van der Waals surface area contributed by atoms with E-state index in [0.29, 0.717) is 0 Å². The van der Waals surface area contributed by atoms with Crippen LogP contribution < -0.4 is 4.74 Å². The normalized spacial score (nSPS) is 10.1. The van der Waals surface area contributed by atoms with Crippen molar-refractivity contribution in [2.24, 2.45) is 7.05 Å². The molecule has 1 heterocycles. The van der Waals surface area contributed by atoms with Crippen LogP contribution in [-0.4, -0.2) is 9.78 Å². The number of rotatable bonds is 2. The Balaban J connectivity index is 2.15. The Bertz CT molecular complexity index is 422. The predicted molar refractivity (Wildman–Crippen MR) is 57.4 cm³/mol. The molecule has 0 aliphatic heterocycles. The van der Waals surface area contributed by atoms with Gasteiger partial charge in [-0.3, -0.25) is 4.68 Å². The summed E-state index contributed by atoms with van der Waals surface area (Å²) in [4.78, 5) is 0. The molecule has 0 radical (unpaired) electrons. The monoisotopic (exact) mass is 252 g/mol. The van der Waals surface area contributed by atoms with E-state index in [1.807, 2.05) is 37.5 Å². The summed E-state index contributed by atoms with van der Waals surface area (Å²) in [6, 6.07) is 7.67. The van der Waals surface area contributed by atoms with Crippen molar-refractivity contribution < 1.29 is 4.74 Å². The highest BCUT2D eigenvalue weighted by Gasteiger charge is 1.98. The van der Waals surface area contributed by atoms with Crippen LogP contribution in [-0.2, 0) is 7.05 Å². The lowest BCUT2D eigenvalue weighted by Crippen LogP contribution is -1.84. The molecule has 0 saturated heterocycles. The number of ether oxygens (including phenoxy) is 1. The number of nitrogens with zero attached hydrogens (tertiary/aromatic N) is 2. The van der Waals surface area contributed by atoms with Crippen LogP contribution >= 0.6 is 15.9 Å². The lowest BCUT2D eigenvalue weighted by atomic mass is 10.3. The van der Waals surface area contributed by atoms with E-state index in [0.717, 1.165) is 16.0 Å². The van der Waals surface area contributed by atoms with E-state index in [2.05, 4.69) is 21.0 Å². The smallest absolute Gasteiger partial charge is 0.165 e. The summed E-state index contributed by atoms with van der Waals surface area (Å²) >= 11 is 3.36. The van der Waals surface area contributed by atoms with Crippen LogP contribution in [0.3, 0.4) is 0 Å². The molecule has 1 aromatic heterocycles. The Morgan fingerprint density at radius 1 is 1.21 bits per heavy atom. The number of benzene rings is 1. The van der Waals surface area contributed by atoms with Crippen LogP contribution in [0.1, 0.15) is 0 Å². The number of hydrogen-bond acceptors (Lipinski definition) is 2. The first kappa shape index (κ1) is 9.27. The maximum Gasteiger partial charge on any atom is 0.165 e. The van der Waals surface area contributed by atoms with Crippen LogP contribution in [0, 0.1) is 0 Å². The predicted octanol–water partition coefficient (Wildman–Crippen LogP) is 2.97. The van der Waals surface area contributed by atoms with Gasteiger partial charge in [0.25, 0.3) is 0 Å². The van der Waals surface area contributed by atoms with E-state index < -0.39 is 0 Å². The molecule has 3 nitrogen and oxygen atoms in total. The fourth-order valence-electron chi connectivity index (χ4n) is 1.09. The molecule has 0 aliphatic carbocycles. The van der Waals surface area contributed by atoms with Crippen molar-refractivity contribution >= 4 is 15.9 Å². The van der Waals surface area contributed by atoms with Gasteiger partial charge in [0, 0.05) is 11.5 Å². The van der Waals surface area contributed by atoms with Gasteiger partial charge >= 0.3 is 0 Å². The fraction of sp³-hybridized carbons (Fsp3) is 0.100. The van der Waals surface area contributed by atoms with Crippen molar-refractivity contribution in [2.45, 2.75) is 0 Å². The molecule has 0 fully saturated rings. The first-order valence-corrected chi connectivity index (χ1v) is 4.95.